The maximum absolute atomic E-state index is 12.5. The molecule has 1 aromatic heterocycles. The molecule has 0 unspecified atom stereocenters. The number of hydrogen-bond donors (Lipinski definition) is 1. The van der Waals surface area contributed by atoms with Crippen molar-refractivity contribution in [3.63, 3.8) is 0 Å². The molecule has 3 nitrogen and oxygen atoms in total. The predicted molar refractivity (Wildman–Crippen MR) is 123 cm³/mol. The number of thiophene rings is 1. The van der Waals surface area contributed by atoms with E-state index in [4.69, 9.17) is 0 Å². The van der Waals surface area contributed by atoms with E-state index in [1.807, 2.05) is 11.3 Å². The van der Waals surface area contributed by atoms with E-state index < -0.39 is 0 Å². The molecule has 0 aliphatic carbocycles. The van der Waals surface area contributed by atoms with Crippen LogP contribution in [0.1, 0.15) is 39.1 Å². The highest BCUT2D eigenvalue weighted by atomic mass is 32.1. The summed E-state index contributed by atoms with van der Waals surface area (Å²) in [6, 6.07) is 15.1. The maximum atomic E-state index is 12.5. The molecular formula is C25H28N2OS. The highest BCUT2D eigenvalue weighted by Crippen LogP contribution is 2.32. The lowest BCUT2D eigenvalue weighted by atomic mass is 10.0. The lowest BCUT2D eigenvalue weighted by molar-refractivity contribution is -0.116. The van der Waals surface area contributed by atoms with Crippen molar-refractivity contribution in [2.24, 2.45) is 0 Å². The van der Waals surface area contributed by atoms with Crippen molar-refractivity contribution in [2.45, 2.75) is 46.6 Å². The van der Waals surface area contributed by atoms with Gasteiger partial charge >= 0.3 is 0 Å². The van der Waals surface area contributed by atoms with Crippen molar-refractivity contribution >= 4 is 28.6 Å². The second-order valence-electron chi connectivity index (χ2n) is 8.03. The third-order valence-electron chi connectivity index (χ3n) is 5.72. The van der Waals surface area contributed by atoms with Crippen LogP contribution in [-0.4, -0.2) is 12.5 Å². The Morgan fingerprint density at radius 1 is 1.07 bits per heavy atom. The summed E-state index contributed by atoms with van der Waals surface area (Å²) in [5.74, 6) is 0.0745. The van der Waals surface area contributed by atoms with E-state index >= 15 is 0 Å². The summed E-state index contributed by atoms with van der Waals surface area (Å²) in [4.78, 5) is 16.5. The topological polar surface area (TPSA) is 32.3 Å². The Kier molecular flexibility index (Phi) is 5.72. The fourth-order valence-electron chi connectivity index (χ4n) is 4.00. The van der Waals surface area contributed by atoms with Crippen LogP contribution in [0.5, 0.6) is 0 Å². The number of hydrogen-bond acceptors (Lipinski definition) is 3. The molecule has 1 aliphatic heterocycles. The highest BCUT2D eigenvalue weighted by Gasteiger charge is 2.19. The van der Waals surface area contributed by atoms with Gasteiger partial charge in [-0.15, -0.1) is 11.3 Å². The maximum Gasteiger partial charge on any atom is 0.224 e. The average Bonchev–Trinajstić information content (AvgIpc) is 3.18. The molecule has 2 heterocycles. The fourth-order valence-corrected chi connectivity index (χ4v) is 4.89. The molecule has 1 N–H and O–H groups in total. The highest BCUT2D eigenvalue weighted by molar-refractivity contribution is 7.10. The van der Waals surface area contributed by atoms with Gasteiger partial charge in [-0.3, -0.25) is 4.79 Å². The summed E-state index contributed by atoms with van der Waals surface area (Å²) in [5.41, 5.74) is 8.34. The summed E-state index contributed by atoms with van der Waals surface area (Å²) < 4.78 is 0. The number of fused-ring (bicyclic) bond motifs is 1. The van der Waals surface area contributed by atoms with Gasteiger partial charge in [-0.2, -0.15) is 0 Å². The first-order valence-electron chi connectivity index (χ1n) is 10.3. The molecule has 1 aliphatic rings. The third-order valence-corrected chi connectivity index (χ3v) is 6.74. The molecule has 0 saturated heterocycles. The lowest BCUT2D eigenvalue weighted by Crippen LogP contribution is -2.29. The molecular weight excluding hydrogens is 376 g/mol. The molecule has 0 spiro atoms. The Labute approximate surface area is 177 Å². The number of nitrogens with zero attached hydrogens (tertiary/aromatic N) is 1. The van der Waals surface area contributed by atoms with Crippen LogP contribution >= 0.6 is 11.3 Å². The van der Waals surface area contributed by atoms with Crippen LogP contribution < -0.4 is 10.2 Å². The summed E-state index contributed by atoms with van der Waals surface area (Å²) in [6.45, 7) is 8.28. The SMILES string of the molecule is Cc1ccc(CCC(=O)Nc2c(C)cc(N3CCc4sccc4C3)cc2C)cc1. The normalized spacial score (nSPS) is 13.3. The minimum atomic E-state index is 0.0745. The number of rotatable bonds is 5. The molecule has 2 aromatic carbocycles. The number of nitrogens with one attached hydrogen (secondary N) is 1. The average molecular weight is 405 g/mol. The van der Waals surface area contributed by atoms with E-state index in [-0.39, 0.29) is 5.91 Å². The first-order valence-corrected chi connectivity index (χ1v) is 11.1. The second-order valence-corrected chi connectivity index (χ2v) is 9.03. The molecule has 1 amide bonds. The summed E-state index contributed by atoms with van der Waals surface area (Å²) >= 11 is 1.87. The Hall–Kier alpha value is -2.59. The van der Waals surface area contributed by atoms with Crippen LogP contribution in [0.25, 0.3) is 0 Å². The monoisotopic (exact) mass is 404 g/mol. The van der Waals surface area contributed by atoms with E-state index in [1.54, 1.807) is 0 Å². The molecule has 0 fully saturated rings. The summed E-state index contributed by atoms with van der Waals surface area (Å²) in [6.07, 6.45) is 2.37. The third kappa shape index (κ3) is 4.54. The Morgan fingerprint density at radius 2 is 1.79 bits per heavy atom. The van der Waals surface area contributed by atoms with Crippen molar-refractivity contribution < 1.29 is 4.79 Å². The number of benzene rings is 2. The standard InChI is InChI=1S/C25H28N2OS/c1-17-4-6-20(7-5-17)8-9-24(28)26-25-18(2)14-22(15-19(25)3)27-12-10-23-21(16-27)11-13-29-23/h4-7,11,13-15H,8-10,12,16H2,1-3H3,(H,26,28). The van der Waals surface area contributed by atoms with Gasteiger partial charge in [-0.25, -0.2) is 0 Å². The molecule has 29 heavy (non-hydrogen) atoms. The molecule has 0 bridgehead atoms. The zero-order valence-electron chi connectivity index (χ0n) is 17.4. The van der Waals surface area contributed by atoms with E-state index in [9.17, 15) is 4.79 Å². The smallest absolute Gasteiger partial charge is 0.224 e. The largest absolute Gasteiger partial charge is 0.367 e. The number of carbonyl (C=O) groups is 1. The van der Waals surface area contributed by atoms with Crippen LogP contribution in [-0.2, 0) is 24.2 Å². The van der Waals surface area contributed by atoms with E-state index in [0.29, 0.717) is 6.42 Å². The Bertz CT molecular complexity index is 997. The molecule has 0 saturated carbocycles. The van der Waals surface area contributed by atoms with Crippen molar-refractivity contribution in [1.82, 2.24) is 0 Å². The van der Waals surface area contributed by atoms with Crippen LogP contribution in [0.15, 0.2) is 47.8 Å². The quantitative estimate of drug-likeness (QED) is 0.582. The molecule has 3 aromatic rings. The van der Waals surface area contributed by atoms with Gasteiger partial charge in [-0.05, 0) is 79.4 Å². The first kappa shape index (κ1) is 19.7. The molecule has 0 atom stereocenters. The number of amides is 1. The summed E-state index contributed by atoms with van der Waals surface area (Å²) in [5, 5.41) is 5.34. The molecule has 0 radical (unpaired) electrons. The van der Waals surface area contributed by atoms with E-state index in [0.717, 1.165) is 42.7 Å². The van der Waals surface area contributed by atoms with Gasteiger partial charge in [0.1, 0.15) is 0 Å². The van der Waals surface area contributed by atoms with Gasteiger partial charge in [0.2, 0.25) is 5.91 Å². The van der Waals surface area contributed by atoms with Gasteiger partial charge in [0.15, 0.2) is 0 Å². The fraction of sp³-hybridized carbons (Fsp3) is 0.320. The first-order chi connectivity index (χ1) is 14.0. The van der Waals surface area contributed by atoms with Crippen LogP contribution in [0, 0.1) is 20.8 Å². The minimum Gasteiger partial charge on any atom is -0.367 e. The van der Waals surface area contributed by atoms with Crippen molar-refractivity contribution in [3.05, 3.63) is 80.5 Å². The van der Waals surface area contributed by atoms with Crippen LogP contribution in [0.2, 0.25) is 0 Å². The number of carbonyl (C=O) groups excluding carboxylic acids is 1. The number of anilines is 2. The second kappa shape index (κ2) is 8.42. The zero-order chi connectivity index (χ0) is 20.4. The van der Waals surface area contributed by atoms with Gasteiger partial charge in [0.25, 0.3) is 0 Å². The van der Waals surface area contributed by atoms with Gasteiger partial charge < -0.3 is 10.2 Å². The minimum absolute atomic E-state index is 0.0745. The Balaban J connectivity index is 1.42. The van der Waals surface area contributed by atoms with Gasteiger partial charge in [0.05, 0.1) is 0 Å². The molecule has 4 rings (SSSR count). The summed E-state index contributed by atoms with van der Waals surface area (Å²) in [7, 11) is 0. The van der Waals surface area contributed by atoms with Crippen molar-refractivity contribution in [3.8, 4) is 0 Å². The van der Waals surface area contributed by atoms with E-state index in [2.05, 4.69) is 78.8 Å². The van der Waals surface area contributed by atoms with E-state index in [1.165, 1.54) is 27.3 Å². The zero-order valence-corrected chi connectivity index (χ0v) is 18.2. The predicted octanol–water partition coefficient (Wildman–Crippen LogP) is 5.81. The number of aryl methyl sites for hydroxylation is 4. The van der Waals surface area contributed by atoms with Crippen LogP contribution in [0.4, 0.5) is 11.4 Å². The molecule has 150 valence electrons. The Morgan fingerprint density at radius 3 is 2.52 bits per heavy atom. The van der Waals surface area contributed by atoms with Gasteiger partial charge in [-0.1, -0.05) is 29.8 Å². The van der Waals surface area contributed by atoms with Crippen molar-refractivity contribution in [1.29, 1.82) is 0 Å². The van der Waals surface area contributed by atoms with Crippen LogP contribution in [0.3, 0.4) is 0 Å². The molecule has 4 heteroatoms. The lowest BCUT2D eigenvalue weighted by Gasteiger charge is -2.30. The van der Waals surface area contributed by atoms with Gasteiger partial charge in [0, 0.05) is 35.8 Å². The van der Waals surface area contributed by atoms with Crippen molar-refractivity contribution in [2.75, 3.05) is 16.8 Å².